The number of ether oxygens (including phenoxy) is 2. The minimum absolute atomic E-state index is 0.0709. The smallest absolute Gasteiger partial charge is 0.438 e. The maximum Gasteiger partial charge on any atom is 0.509 e. The fourth-order valence-electron chi connectivity index (χ4n) is 0.882. The maximum atomic E-state index is 10.6. The highest BCUT2D eigenvalue weighted by molar-refractivity contribution is 5.60. The first-order chi connectivity index (χ1) is 5.12. The summed E-state index contributed by atoms with van der Waals surface area (Å²) in [6.45, 7) is 3.54. The van der Waals surface area contributed by atoms with Gasteiger partial charge in [-0.25, -0.2) is 4.79 Å². The first kappa shape index (κ1) is 8.07. The van der Waals surface area contributed by atoms with Crippen LogP contribution in [-0.4, -0.2) is 19.0 Å². The first-order valence-electron chi connectivity index (χ1n) is 3.31. The van der Waals surface area contributed by atoms with Crippen LogP contribution in [0.15, 0.2) is 12.7 Å². The van der Waals surface area contributed by atoms with Crippen LogP contribution < -0.4 is 5.73 Å². The minimum atomic E-state index is -0.852. The zero-order valence-electron chi connectivity index (χ0n) is 6.37. The van der Waals surface area contributed by atoms with Gasteiger partial charge in [0.2, 0.25) is 0 Å². The molecule has 2 N–H and O–H groups in total. The van der Waals surface area contributed by atoms with Crippen LogP contribution in [0.3, 0.4) is 0 Å². The van der Waals surface area contributed by atoms with Gasteiger partial charge in [-0.15, -0.1) is 6.58 Å². The molecule has 0 saturated heterocycles. The highest BCUT2D eigenvalue weighted by atomic mass is 16.7. The van der Waals surface area contributed by atoms with Gasteiger partial charge in [-0.3, -0.25) is 5.73 Å². The van der Waals surface area contributed by atoms with E-state index < -0.39 is 11.9 Å². The Morgan fingerprint density at radius 1 is 1.91 bits per heavy atom. The van der Waals surface area contributed by atoms with E-state index in [1.807, 2.05) is 0 Å². The summed E-state index contributed by atoms with van der Waals surface area (Å²) >= 11 is 0. The summed E-state index contributed by atoms with van der Waals surface area (Å²) in [7, 11) is 1.25. The summed E-state index contributed by atoms with van der Waals surface area (Å²) in [5, 5.41) is 0. The highest BCUT2D eigenvalue weighted by Gasteiger charge is 2.53. The van der Waals surface area contributed by atoms with Crippen LogP contribution in [0, 0.1) is 5.92 Å². The van der Waals surface area contributed by atoms with Gasteiger partial charge in [0.1, 0.15) is 0 Å². The maximum absolute atomic E-state index is 10.6. The molecule has 1 aliphatic carbocycles. The molecule has 1 aliphatic rings. The van der Waals surface area contributed by atoms with Gasteiger partial charge in [-0.1, -0.05) is 6.08 Å². The van der Waals surface area contributed by atoms with Crippen molar-refractivity contribution in [3.63, 3.8) is 0 Å². The van der Waals surface area contributed by atoms with E-state index in [1.165, 1.54) is 7.11 Å². The van der Waals surface area contributed by atoms with E-state index in [9.17, 15) is 4.79 Å². The van der Waals surface area contributed by atoms with Crippen molar-refractivity contribution in [3.8, 4) is 0 Å². The molecule has 4 nitrogen and oxygen atoms in total. The Morgan fingerprint density at radius 2 is 2.55 bits per heavy atom. The van der Waals surface area contributed by atoms with Crippen LogP contribution in [0.25, 0.3) is 0 Å². The molecule has 0 aromatic carbocycles. The van der Waals surface area contributed by atoms with E-state index in [0.29, 0.717) is 6.42 Å². The van der Waals surface area contributed by atoms with E-state index in [4.69, 9.17) is 10.5 Å². The summed E-state index contributed by atoms with van der Waals surface area (Å²) < 4.78 is 9.03. The average molecular weight is 157 g/mol. The number of hydrogen-bond acceptors (Lipinski definition) is 4. The van der Waals surface area contributed by atoms with Crippen molar-refractivity contribution in [2.45, 2.75) is 12.1 Å². The number of carbonyl (C=O) groups excluding carboxylic acids is 1. The van der Waals surface area contributed by atoms with Crippen molar-refractivity contribution >= 4 is 6.16 Å². The molecule has 2 atom stereocenters. The van der Waals surface area contributed by atoms with Gasteiger partial charge in [0.15, 0.2) is 5.72 Å². The zero-order valence-corrected chi connectivity index (χ0v) is 6.37. The predicted molar refractivity (Wildman–Crippen MR) is 38.7 cm³/mol. The molecule has 2 unspecified atom stereocenters. The third-order valence-electron chi connectivity index (χ3n) is 1.73. The zero-order chi connectivity index (χ0) is 8.48. The number of carbonyl (C=O) groups is 1. The largest absolute Gasteiger partial charge is 0.509 e. The van der Waals surface area contributed by atoms with Crippen LogP contribution in [-0.2, 0) is 9.47 Å². The van der Waals surface area contributed by atoms with Crippen molar-refractivity contribution in [1.82, 2.24) is 0 Å². The summed E-state index contributed by atoms with van der Waals surface area (Å²) in [6, 6.07) is 0. The van der Waals surface area contributed by atoms with Crippen LogP contribution in [0.1, 0.15) is 6.42 Å². The summed E-state index contributed by atoms with van der Waals surface area (Å²) in [5.74, 6) is 0.0709. The van der Waals surface area contributed by atoms with Gasteiger partial charge in [0.05, 0.1) is 7.11 Å². The second-order valence-corrected chi connectivity index (χ2v) is 2.56. The normalized spacial score (nSPS) is 34.2. The fraction of sp³-hybridized carbons (Fsp3) is 0.571. The monoisotopic (exact) mass is 157 g/mol. The Kier molecular flexibility index (Phi) is 1.87. The lowest BCUT2D eigenvalue weighted by atomic mass is 10.4. The molecule has 0 aromatic heterocycles. The Labute approximate surface area is 65.0 Å². The predicted octanol–water partition coefficient (Wildman–Crippen LogP) is 0.630. The highest BCUT2D eigenvalue weighted by Crippen LogP contribution is 2.42. The van der Waals surface area contributed by atoms with Crippen molar-refractivity contribution in [1.29, 1.82) is 0 Å². The lowest BCUT2D eigenvalue weighted by Crippen LogP contribution is -2.31. The van der Waals surface area contributed by atoms with E-state index >= 15 is 0 Å². The van der Waals surface area contributed by atoms with Gasteiger partial charge in [0.25, 0.3) is 0 Å². The second kappa shape index (κ2) is 2.54. The molecule has 1 fully saturated rings. The quantitative estimate of drug-likeness (QED) is 0.363. The molecule has 0 radical (unpaired) electrons. The Hall–Kier alpha value is -1.03. The molecule has 0 aliphatic heterocycles. The minimum Gasteiger partial charge on any atom is -0.438 e. The van der Waals surface area contributed by atoms with Gasteiger partial charge in [0, 0.05) is 12.3 Å². The van der Waals surface area contributed by atoms with Gasteiger partial charge >= 0.3 is 6.16 Å². The molecule has 0 amide bonds. The molecule has 11 heavy (non-hydrogen) atoms. The topological polar surface area (TPSA) is 61.5 Å². The summed E-state index contributed by atoms with van der Waals surface area (Å²) in [5.41, 5.74) is 4.73. The Bertz CT molecular complexity index is 192. The van der Waals surface area contributed by atoms with Crippen molar-refractivity contribution in [2.24, 2.45) is 11.7 Å². The van der Waals surface area contributed by atoms with Crippen LogP contribution in [0.4, 0.5) is 4.79 Å². The molecule has 0 bridgehead atoms. The summed E-state index contributed by atoms with van der Waals surface area (Å²) in [6.07, 6.45) is 1.56. The molecule has 62 valence electrons. The van der Waals surface area contributed by atoms with Crippen LogP contribution in [0.2, 0.25) is 0 Å². The molecule has 1 rings (SSSR count). The number of rotatable bonds is 2. The number of nitrogens with two attached hydrogens (primary N) is 1. The van der Waals surface area contributed by atoms with E-state index in [-0.39, 0.29) is 5.92 Å². The number of hydrogen-bond donors (Lipinski definition) is 1. The SMILES string of the molecule is C=CC1CC1(N)OC(=O)OC. The standard InChI is InChI=1S/C7H11NO3/c1-3-5-4-7(5,8)11-6(9)10-2/h3,5H,1,4,8H2,2H3. The van der Waals surface area contributed by atoms with Gasteiger partial charge in [-0.05, 0) is 0 Å². The van der Waals surface area contributed by atoms with Crippen molar-refractivity contribution in [3.05, 3.63) is 12.7 Å². The lowest BCUT2D eigenvalue weighted by Gasteiger charge is -2.09. The van der Waals surface area contributed by atoms with Gasteiger partial charge < -0.3 is 9.47 Å². The van der Waals surface area contributed by atoms with E-state index in [0.717, 1.165) is 0 Å². The Balaban J connectivity index is 2.39. The first-order valence-corrected chi connectivity index (χ1v) is 3.31. The van der Waals surface area contributed by atoms with Crippen molar-refractivity contribution in [2.75, 3.05) is 7.11 Å². The molecule has 0 aromatic rings. The van der Waals surface area contributed by atoms with E-state index in [1.54, 1.807) is 6.08 Å². The molecule has 0 heterocycles. The summed E-state index contributed by atoms with van der Waals surface area (Å²) in [4.78, 5) is 10.6. The molecule has 1 saturated carbocycles. The second-order valence-electron chi connectivity index (χ2n) is 2.56. The molecule has 4 heteroatoms. The van der Waals surface area contributed by atoms with Crippen LogP contribution in [0.5, 0.6) is 0 Å². The molecule has 0 spiro atoms. The third kappa shape index (κ3) is 1.51. The van der Waals surface area contributed by atoms with E-state index in [2.05, 4.69) is 11.3 Å². The van der Waals surface area contributed by atoms with Gasteiger partial charge in [-0.2, -0.15) is 0 Å². The third-order valence-corrected chi connectivity index (χ3v) is 1.73. The van der Waals surface area contributed by atoms with Crippen LogP contribution >= 0.6 is 0 Å². The fourth-order valence-corrected chi connectivity index (χ4v) is 0.882. The molecular formula is C7H11NO3. The van der Waals surface area contributed by atoms with Crippen molar-refractivity contribution < 1.29 is 14.3 Å². The lowest BCUT2D eigenvalue weighted by molar-refractivity contribution is 0.0237. The molecular weight excluding hydrogens is 146 g/mol. The number of methoxy groups -OCH3 is 1. The Morgan fingerprint density at radius 3 is 2.91 bits per heavy atom. The average Bonchev–Trinajstić information content (AvgIpc) is 2.61.